The molecule has 1 unspecified atom stereocenters. The van der Waals surface area contributed by atoms with E-state index >= 15 is 0 Å². The maximum atomic E-state index is 12.1. The van der Waals surface area contributed by atoms with Crippen molar-refractivity contribution in [3.05, 3.63) is 33.2 Å². The van der Waals surface area contributed by atoms with Gasteiger partial charge in [-0.15, -0.1) is 11.3 Å². The summed E-state index contributed by atoms with van der Waals surface area (Å²) in [6, 6.07) is 3.70. The first kappa shape index (κ1) is 13.2. The zero-order chi connectivity index (χ0) is 14.1. The van der Waals surface area contributed by atoms with Crippen molar-refractivity contribution in [2.45, 2.75) is 19.5 Å². The number of piperazine rings is 1. The number of rotatable bonds is 2. The molecule has 0 bridgehead atoms. The smallest absolute Gasteiger partial charge is 0.259 e. The number of nitriles is 1. The Hall–Kier alpha value is -1.75. The molecule has 0 amide bonds. The normalized spacial score (nSPS) is 20.1. The fraction of sp³-hybridized carbons (Fsp3) is 0.462. The Kier molecular flexibility index (Phi) is 3.53. The van der Waals surface area contributed by atoms with Crippen LogP contribution >= 0.6 is 11.3 Å². The van der Waals surface area contributed by atoms with Crippen molar-refractivity contribution in [2.75, 3.05) is 19.6 Å². The molecule has 7 heteroatoms. The van der Waals surface area contributed by atoms with Gasteiger partial charge >= 0.3 is 0 Å². The molecule has 1 aliphatic rings. The number of hydrogen-bond acceptors (Lipinski definition) is 6. The molecule has 1 N–H and O–H groups in total. The predicted molar refractivity (Wildman–Crippen MR) is 76.8 cm³/mol. The van der Waals surface area contributed by atoms with Crippen LogP contribution in [0.1, 0.15) is 11.4 Å². The highest BCUT2D eigenvalue weighted by molar-refractivity contribution is 7.15. The van der Waals surface area contributed by atoms with E-state index in [2.05, 4.69) is 21.3 Å². The zero-order valence-corrected chi connectivity index (χ0v) is 12.0. The van der Waals surface area contributed by atoms with Gasteiger partial charge in [-0.1, -0.05) is 0 Å². The van der Waals surface area contributed by atoms with E-state index < -0.39 is 0 Å². The molecule has 2 aromatic heterocycles. The average Bonchev–Trinajstić information content (AvgIpc) is 2.81. The summed E-state index contributed by atoms with van der Waals surface area (Å²) in [5.41, 5.74) is 1.59. The van der Waals surface area contributed by atoms with Crippen molar-refractivity contribution in [3.8, 4) is 6.07 Å². The van der Waals surface area contributed by atoms with Gasteiger partial charge in [0, 0.05) is 43.3 Å². The standard InChI is InChI=1S/C13H15N5OS/c1-9-8-20-13-16-10(4-12(19)18(9)13)7-17-3-2-15-6-11(17)5-14/h4,8,11,15H,2-3,6-7H2,1H3. The predicted octanol–water partition coefficient (Wildman–Crippen LogP) is 0.362. The van der Waals surface area contributed by atoms with E-state index in [-0.39, 0.29) is 11.6 Å². The average molecular weight is 289 g/mol. The number of aryl methyl sites for hydroxylation is 1. The lowest BCUT2D eigenvalue weighted by atomic mass is 10.2. The van der Waals surface area contributed by atoms with Gasteiger partial charge in [-0.05, 0) is 6.92 Å². The van der Waals surface area contributed by atoms with Gasteiger partial charge in [-0.2, -0.15) is 5.26 Å². The van der Waals surface area contributed by atoms with Gasteiger partial charge in [0.1, 0.15) is 6.04 Å². The fourth-order valence-corrected chi connectivity index (χ4v) is 3.34. The van der Waals surface area contributed by atoms with E-state index in [4.69, 9.17) is 5.26 Å². The van der Waals surface area contributed by atoms with Gasteiger partial charge in [0.15, 0.2) is 4.96 Å². The number of thiazole rings is 1. The second-order valence-corrected chi connectivity index (χ2v) is 5.74. The highest BCUT2D eigenvalue weighted by Crippen LogP contribution is 2.13. The largest absolute Gasteiger partial charge is 0.313 e. The van der Waals surface area contributed by atoms with Crippen molar-refractivity contribution in [2.24, 2.45) is 0 Å². The minimum Gasteiger partial charge on any atom is -0.313 e. The number of hydrogen-bond donors (Lipinski definition) is 1. The second-order valence-electron chi connectivity index (χ2n) is 4.90. The van der Waals surface area contributed by atoms with E-state index in [1.807, 2.05) is 12.3 Å². The molecule has 1 fully saturated rings. The van der Waals surface area contributed by atoms with Crippen LogP contribution in [0.2, 0.25) is 0 Å². The van der Waals surface area contributed by atoms with Crippen LogP contribution in [0.4, 0.5) is 0 Å². The third-order valence-corrected chi connectivity index (χ3v) is 4.44. The first-order valence-corrected chi connectivity index (χ1v) is 7.38. The van der Waals surface area contributed by atoms with Gasteiger partial charge in [-0.25, -0.2) is 4.98 Å². The molecule has 0 radical (unpaired) electrons. The Morgan fingerprint density at radius 2 is 2.50 bits per heavy atom. The molecule has 104 valence electrons. The molecule has 2 aromatic rings. The van der Waals surface area contributed by atoms with Crippen molar-refractivity contribution in [1.29, 1.82) is 5.26 Å². The maximum Gasteiger partial charge on any atom is 0.259 e. The molecule has 0 saturated carbocycles. The quantitative estimate of drug-likeness (QED) is 0.864. The molecular formula is C13H15N5OS. The Labute approximate surface area is 120 Å². The van der Waals surface area contributed by atoms with Crippen LogP contribution in [0.15, 0.2) is 16.2 Å². The van der Waals surface area contributed by atoms with Crippen LogP contribution in [0, 0.1) is 18.3 Å². The van der Waals surface area contributed by atoms with E-state index in [9.17, 15) is 4.79 Å². The molecule has 1 saturated heterocycles. The van der Waals surface area contributed by atoms with Gasteiger partial charge < -0.3 is 5.32 Å². The summed E-state index contributed by atoms with van der Waals surface area (Å²) in [4.78, 5) is 19.4. The van der Waals surface area contributed by atoms with Crippen LogP contribution in [-0.4, -0.2) is 40.0 Å². The minimum atomic E-state index is -0.158. The van der Waals surface area contributed by atoms with Gasteiger partial charge in [0.2, 0.25) is 0 Å². The van der Waals surface area contributed by atoms with E-state index in [0.717, 1.165) is 24.5 Å². The van der Waals surface area contributed by atoms with Crippen molar-refractivity contribution >= 4 is 16.3 Å². The van der Waals surface area contributed by atoms with Crippen molar-refractivity contribution in [1.82, 2.24) is 19.6 Å². The van der Waals surface area contributed by atoms with Crippen molar-refractivity contribution in [3.63, 3.8) is 0 Å². The van der Waals surface area contributed by atoms with Crippen LogP contribution < -0.4 is 10.9 Å². The molecule has 6 nitrogen and oxygen atoms in total. The lowest BCUT2D eigenvalue weighted by Crippen LogP contribution is -2.50. The lowest BCUT2D eigenvalue weighted by Gasteiger charge is -2.31. The molecule has 0 aromatic carbocycles. The molecule has 3 heterocycles. The second kappa shape index (κ2) is 5.32. The molecule has 20 heavy (non-hydrogen) atoms. The molecular weight excluding hydrogens is 274 g/mol. The monoisotopic (exact) mass is 289 g/mol. The van der Waals surface area contributed by atoms with Crippen LogP contribution in [0.3, 0.4) is 0 Å². The summed E-state index contributed by atoms with van der Waals surface area (Å²) in [5, 5.41) is 14.3. The number of nitrogens with zero attached hydrogens (tertiary/aromatic N) is 4. The maximum absolute atomic E-state index is 12.1. The third-order valence-electron chi connectivity index (χ3n) is 3.50. The highest BCUT2D eigenvalue weighted by Gasteiger charge is 2.22. The molecule has 1 aliphatic heterocycles. The summed E-state index contributed by atoms with van der Waals surface area (Å²) < 4.78 is 1.62. The molecule has 3 rings (SSSR count). The Morgan fingerprint density at radius 1 is 1.65 bits per heavy atom. The van der Waals surface area contributed by atoms with E-state index in [0.29, 0.717) is 18.1 Å². The molecule has 0 aliphatic carbocycles. The van der Waals surface area contributed by atoms with Crippen LogP contribution in [0.5, 0.6) is 0 Å². The lowest BCUT2D eigenvalue weighted by molar-refractivity contribution is 0.187. The third kappa shape index (κ3) is 2.33. The number of nitrogens with one attached hydrogen (secondary N) is 1. The Bertz CT molecular complexity index is 728. The van der Waals surface area contributed by atoms with Gasteiger partial charge in [-0.3, -0.25) is 14.1 Å². The summed E-state index contributed by atoms with van der Waals surface area (Å²) >= 11 is 1.47. The number of aromatic nitrogens is 2. The molecule has 0 spiro atoms. The van der Waals surface area contributed by atoms with E-state index in [1.54, 1.807) is 10.5 Å². The topological polar surface area (TPSA) is 73.4 Å². The van der Waals surface area contributed by atoms with E-state index in [1.165, 1.54) is 11.3 Å². The fourth-order valence-electron chi connectivity index (χ4n) is 2.45. The van der Waals surface area contributed by atoms with Gasteiger partial charge in [0.25, 0.3) is 5.56 Å². The zero-order valence-electron chi connectivity index (χ0n) is 11.2. The Morgan fingerprint density at radius 3 is 3.30 bits per heavy atom. The summed E-state index contributed by atoms with van der Waals surface area (Å²) in [5.74, 6) is 0. The van der Waals surface area contributed by atoms with Gasteiger partial charge in [0.05, 0.1) is 11.8 Å². The van der Waals surface area contributed by atoms with Crippen LogP contribution in [0.25, 0.3) is 4.96 Å². The van der Waals surface area contributed by atoms with Crippen LogP contribution in [-0.2, 0) is 6.54 Å². The number of fused-ring (bicyclic) bond motifs is 1. The summed E-state index contributed by atoms with van der Waals surface area (Å²) in [7, 11) is 0. The Balaban J connectivity index is 1.91. The first-order valence-electron chi connectivity index (χ1n) is 6.50. The highest BCUT2D eigenvalue weighted by atomic mass is 32.1. The summed E-state index contributed by atoms with van der Waals surface area (Å²) in [6.45, 7) is 4.76. The minimum absolute atomic E-state index is 0.0487. The SMILES string of the molecule is Cc1csc2nc(CN3CCNCC3C#N)cc(=O)n12. The van der Waals surface area contributed by atoms with Crippen molar-refractivity contribution < 1.29 is 0 Å². The summed E-state index contributed by atoms with van der Waals surface area (Å²) in [6.07, 6.45) is 0. The first-order chi connectivity index (χ1) is 9.69. The molecule has 1 atom stereocenters.